The third-order valence-corrected chi connectivity index (χ3v) is 3.17. The normalized spacial score (nSPS) is 10.8. The van der Waals surface area contributed by atoms with E-state index < -0.39 is 0 Å². The molecule has 0 atom stereocenters. The smallest absolute Gasteiger partial charge is 0.310 e. The van der Waals surface area contributed by atoms with Gasteiger partial charge >= 0.3 is 5.97 Å². The molecule has 4 nitrogen and oxygen atoms in total. The highest BCUT2D eigenvalue weighted by molar-refractivity contribution is 5.87. The summed E-state index contributed by atoms with van der Waals surface area (Å²) in [7, 11) is 1.38. The summed E-state index contributed by atoms with van der Waals surface area (Å²) in [5.74, 6) is 0.689. The van der Waals surface area contributed by atoms with E-state index in [2.05, 4.69) is 6.92 Å². The topological polar surface area (TPSA) is 59.7 Å². The first kappa shape index (κ1) is 13.5. The molecule has 0 saturated heterocycles. The van der Waals surface area contributed by atoms with Gasteiger partial charge in [0.2, 0.25) is 0 Å². The van der Waals surface area contributed by atoms with E-state index in [9.17, 15) is 9.90 Å². The van der Waals surface area contributed by atoms with Gasteiger partial charge < -0.3 is 14.3 Å². The zero-order chi connectivity index (χ0) is 13.8. The first-order valence-electron chi connectivity index (χ1n) is 6.45. The van der Waals surface area contributed by atoms with Gasteiger partial charge in [-0.1, -0.05) is 13.3 Å². The van der Waals surface area contributed by atoms with Crippen LogP contribution in [0.15, 0.2) is 22.6 Å². The summed E-state index contributed by atoms with van der Waals surface area (Å²) in [4.78, 5) is 11.5. The van der Waals surface area contributed by atoms with E-state index >= 15 is 0 Å². The van der Waals surface area contributed by atoms with Crippen molar-refractivity contribution in [3.05, 3.63) is 29.5 Å². The van der Waals surface area contributed by atoms with Crippen LogP contribution in [0, 0.1) is 0 Å². The number of fused-ring (bicyclic) bond motifs is 1. The summed E-state index contributed by atoms with van der Waals surface area (Å²) < 4.78 is 10.5. The highest BCUT2D eigenvalue weighted by Gasteiger charge is 2.17. The number of hydrogen-bond acceptors (Lipinski definition) is 4. The van der Waals surface area contributed by atoms with Crippen LogP contribution in [-0.2, 0) is 22.4 Å². The Morgan fingerprint density at radius 3 is 2.89 bits per heavy atom. The second kappa shape index (κ2) is 5.78. The number of phenols is 1. The van der Waals surface area contributed by atoms with Crippen molar-refractivity contribution >= 4 is 16.9 Å². The van der Waals surface area contributed by atoms with E-state index in [1.807, 2.05) is 0 Å². The molecule has 0 aliphatic carbocycles. The Morgan fingerprint density at radius 1 is 1.42 bits per heavy atom. The number of methoxy groups -OCH3 is 1. The van der Waals surface area contributed by atoms with Crippen LogP contribution in [0.5, 0.6) is 5.75 Å². The van der Waals surface area contributed by atoms with Crippen molar-refractivity contribution in [2.75, 3.05) is 7.11 Å². The third-order valence-electron chi connectivity index (χ3n) is 3.17. The minimum atomic E-state index is -0.284. The molecule has 0 saturated carbocycles. The number of benzene rings is 1. The summed E-state index contributed by atoms with van der Waals surface area (Å²) in [5, 5.41) is 10.4. The number of esters is 1. The fraction of sp³-hybridized carbons (Fsp3) is 0.400. The summed E-state index contributed by atoms with van der Waals surface area (Å²) in [5.41, 5.74) is 1.49. The summed E-state index contributed by atoms with van der Waals surface area (Å²) in [6.45, 7) is 2.11. The lowest BCUT2D eigenvalue weighted by molar-refractivity contribution is -0.139. The Labute approximate surface area is 112 Å². The second-order valence-electron chi connectivity index (χ2n) is 4.54. The van der Waals surface area contributed by atoms with E-state index in [1.54, 1.807) is 18.2 Å². The Hall–Kier alpha value is -1.97. The maximum atomic E-state index is 11.5. The van der Waals surface area contributed by atoms with Gasteiger partial charge in [0.15, 0.2) is 0 Å². The Balaban J connectivity index is 2.45. The predicted molar refractivity (Wildman–Crippen MR) is 72.2 cm³/mol. The quantitative estimate of drug-likeness (QED) is 0.841. The Bertz CT molecular complexity index is 583. The number of hydrogen-bond donors (Lipinski definition) is 1. The lowest BCUT2D eigenvalue weighted by atomic mass is 10.0. The molecule has 1 heterocycles. The molecule has 1 aromatic heterocycles. The average molecular weight is 262 g/mol. The second-order valence-corrected chi connectivity index (χ2v) is 4.54. The van der Waals surface area contributed by atoms with Crippen molar-refractivity contribution < 1.29 is 19.1 Å². The third kappa shape index (κ3) is 2.89. The molecular weight excluding hydrogens is 244 g/mol. The van der Waals surface area contributed by atoms with E-state index in [-0.39, 0.29) is 18.1 Å². The van der Waals surface area contributed by atoms with Crippen molar-refractivity contribution in [2.45, 2.75) is 32.6 Å². The molecule has 102 valence electrons. The zero-order valence-corrected chi connectivity index (χ0v) is 11.2. The van der Waals surface area contributed by atoms with Crippen LogP contribution < -0.4 is 0 Å². The Kier molecular flexibility index (Phi) is 4.10. The van der Waals surface area contributed by atoms with Crippen LogP contribution in [0.1, 0.15) is 31.1 Å². The molecule has 0 aliphatic rings. The van der Waals surface area contributed by atoms with E-state index in [0.717, 1.165) is 36.0 Å². The molecule has 0 unspecified atom stereocenters. The standard InChI is InChI=1S/C15H18O4/c1-3-4-5-13-12(9-15(17)18-2)11-7-6-10(16)8-14(11)19-13/h6-8,16H,3-5,9H2,1-2H3. The molecule has 0 amide bonds. The van der Waals surface area contributed by atoms with Crippen LogP contribution in [0.25, 0.3) is 11.0 Å². The fourth-order valence-corrected chi connectivity index (χ4v) is 2.14. The van der Waals surface area contributed by atoms with Gasteiger partial charge in [0.05, 0.1) is 13.5 Å². The molecular formula is C15H18O4. The van der Waals surface area contributed by atoms with Gasteiger partial charge in [0.25, 0.3) is 0 Å². The van der Waals surface area contributed by atoms with Crippen molar-refractivity contribution in [3.8, 4) is 5.75 Å². The number of aromatic hydroxyl groups is 1. The maximum absolute atomic E-state index is 11.5. The van der Waals surface area contributed by atoms with Crippen LogP contribution >= 0.6 is 0 Å². The van der Waals surface area contributed by atoms with E-state index in [1.165, 1.54) is 7.11 Å². The molecule has 1 N–H and O–H groups in total. The van der Waals surface area contributed by atoms with Crippen LogP contribution in [0.4, 0.5) is 0 Å². The molecule has 1 aromatic carbocycles. The first-order valence-corrected chi connectivity index (χ1v) is 6.45. The number of rotatable bonds is 5. The molecule has 2 rings (SSSR count). The van der Waals surface area contributed by atoms with Crippen molar-refractivity contribution in [1.82, 2.24) is 0 Å². The van der Waals surface area contributed by atoms with E-state index in [0.29, 0.717) is 5.58 Å². The molecule has 19 heavy (non-hydrogen) atoms. The maximum Gasteiger partial charge on any atom is 0.310 e. The number of carbonyl (C=O) groups is 1. The van der Waals surface area contributed by atoms with Gasteiger partial charge in [0, 0.05) is 23.4 Å². The van der Waals surface area contributed by atoms with Crippen molar-refractivity contribution in [2.24, 2.45) is 0 Å². The lowest BCUT2D eigenvalue weighted by Gasteiger charge is -2.01. The minimum absolute atomic E-state index is 0.160. The van der Waals surface area contributed by atoms with Crippen LogP contribution in [-0.4, -0.2) is 18.2 Å². The van der Waals surface area contributed by atoms with Gasteiger partial charge in [0.1, 0.15) is 17.1 Å². The first-order chi connectivity index (χ1) is 9.15. The molecule has 2 aromatic rings. The SMILES string of the molecule is CCCCc1oc2cc(O)ccc2c1CC(=O)OC. The monoisotopic (exact) mass is 262 g/mol. The highest BCUT2D eigenvalue weighted by Crippen LogP contribution is 2.30. The van der Waals surface area contributed by atoms with Crippen molar-refractivity contribution in [3.63, 3.8) is 0 Å². The van der Waals surface area contributed by atoms with Gasteiger partial charge in [-0.25, -0.2) is 0 Å². The zero-order valence-electron chi connectivity index (χ0n) is 11.2. The number of aryl methyl sites for hydroxylation is 1. The van der Waals surface area contributed by atoms with E-state index in [4.69, 9.17) is 9.15 Å². The molecule has 0 spiro atoms. The molecule has 0 aliphatic heterocycles. The highest BCUT2D eigenvalue weighted by atomic mass is 16.5. The molecule has 0 bridgehead atoms. The van der Waals surface area contributed by atoms with Gasteiger partial charge in [-0.2, -0.15) is 0 Å². The van der Waals surface area contributed by atoms with Gasteiger partial charge in [-0.15, -0.1) is 0 Å². The minimum Gasteiger partial charge on any atom is -0.508 e. The summed E-state index contributed by atoms with van der Waals surface area (Å²) in [6, 6.07) is 4.95. The van der Waals surface area contributed by atoms with Crippen molar-refractivity contribution in [1.29, 1.82) is 0 Å². The van der Waals surface area contributed by atoms with Crippen LogP contribution in [0.3, 0.4) is 0 Å². The number of unbranched alkanes of at least 4 members (excludes halogenated alkanes) is 1. The largest absolute Gasteiger partial charge is 0.508 e. The number of carbonyl (C=O) groups excluding carboxylic acids is 1. The number of ether oxygens (including phenoxy) is 1. The summed E-state index contributed by atoms with van der Waals surface area (Å²) >= 11 is 0. The van der Waals surface area contributed by atoms with Gasteiger partial charge in [-0.3, -0.25) is 4.79 Å². The lowest BCUT2D eigenvalue weighted by Crippen LogP contribution is -2.05. The van der Waals surface area contributed by atoms with Crippen LogP contribution in [0.2, 0.25) is 0 Å². The average Bonchev–Trinajstić information content (AvgIpc) is 2.73. The fourth-order valence-electron chi connectivity index (χ4n) is 2.14. The predicted octanol–water partition coefficient (Wildman–Crippen LogP) is 3.20. The Morgan fingerprint density at radius 2 is 2.21 bits per heavy atom. The molecule has 0 radical (unpaired) electrons. The number of phenolic OH excluding ortho intramolecular Hbond substituents is 1. The van der Waals surface area contributed by atoms with Gasteiger partial charge in [-0.05, 0) is 18.6 Å². The molecule has 0 fully saturated rings. The molecule has 4 heteroatoms. The number of furan rings is 1. The summed E-state index contributed by atoms with van der Waals surface area (Å²) in [6.07, 6.45) is 3.05.